The molecule has 0 spiro atoms. The number of carboxylic acid groups (broad SMARTS) is 1. The van der Waals surface area contributed by atoms with Gasteiger partial charge >= 0.3 is 11.9 Å². The number of nitrogens with zero attached hydrogens (tertiary/aromatic N) is 2. The molecular formula is C62H76N4O10S2. The van der Waals surface area contributed by atoms with Crippen LogP contribution in [-0.2, 0) is 58.0 Å². The lowest BCUT2D eigenvalue weighted by Crippen LogP contribution is -2.30. The van der Waals surface area contributed by atoms with Crippen LogP contribution in [0.4, 0.5) is 0 Å². The summed E-state index contributed by atoms with van der Waals surface area (Å²) in [6.45, 7) is 21.9. The van der Waals surface area contributed by atoms with Crippen LogP contribution >= 0.6 is 0 Å². The molecule has 2 atom stereocenters. The van der Waals surface area contributed by atoms with Crippen LogP contribution in [0.3, 0.4) is 0 Å². The average molecular weight is 1100 g/mol. The fourth-order valence-corrected chi connectivity index (χ4v) is 12.2. The van der Waals surface area contributed by atoms with Crippen molar-refractivity contribution in [3.8, 4) is 33.8 Å². The first-order chi connectivity index (χ1) is 36.6. The molecule has 16 heteroatoms. The van der Waals surface area contributed by atoms with Crippen molar-refractivity contribution in [2.45, 2.75) is 166 Å². The lowest BCUT2D eigenvalue weighted by molar-refractivity contribution is -0.157. The molecule has 2 aromatic heterocycles. The van der Waals surface area contributed by atoms with Crippen LogP contribution in [0.25, 0.3) is 22.3 Å². The minimum atomic E-state index is -3.89. The van der Waals surface area contributed by atoms with Crippen molar-refractivity contribution in [1.82, 2.24) is 19.4 Å². The van der Waals surface area contributed by atoms with E-state index in [2.05, 4.69) is 111 Å². The molecule has 0 bridgehead atoms. The summed E-state index contributed by atoms with van der Waals surface area (Å²) in [6, 6.07) is 29.5. The molecule has 0 saturated carbocycles. The molecule has 2 aliphatic carbocycles. The van der Waals surface area contributed by atoms with Crippen molar-refractivity contribution in [1.29, 1.82) is 0 Å². The van der Waals surface area contributed by atoms with Crippen LogP contribution in [0, 0.1) is 13.8 Å². The monoisotopic (exact) mass is 1100 g/mol. The standard InChI is InChI=1S/C33H42N2O5S.C29H34N2O5S/c1-22-17-24(19-25(18-22)32(2,3)4)23-15-16-30(34-20-23)41(37,38)35-28-13-9-8-11-27-26(28)12-10-14-29(27)39-21-31(36)40-33(5,6)7;1-19-14-21(16-22(15-19)29(2,3)4)20-12-13-27(30-17-20)37(34,35)31-25-10-6-5-8-24-23(25)9-7-11-26(24)36-18-28(32)33/h10,12,14-20,28,35H,8-9,11,13,21H2,1-7H3;7,9,11-17,25,31H,5-6,8,10,18H2,1-4H3,(H,32,33). The number of rotatable bonds is 14. The zero-order chi connectivity index (χ0) is 56.8. The molecular weight excluding hydrogens is 1020 g/mol. The topological polar surface area (TPSA) is 200 Å². The number of hydrogen-bond donors (Lipinski definition) is 3. The third kappa shape index (κ3) is 15.6. The molecule has 78 heavy (non-hydrogen) atoms. The summed E-state index contributed by atoms with van der Waals surface area (Å²) < 4.78 is 76.0. The van der Waals surface area contributed by atoms with Gasteiger partial charge in [-0.25, -0.2) is 45.8 Å². The number of nitrogens with one attached hydrogen (secondary N) is 2. The lowest BCUT2D eigenvalue weighted by atomic mass is 9.84. The Balaban J connectivity index is 0.000000227. The molecule has 2 aliphatic rings. The van der Waals surface area contributed by atoms with Gasteiger partial charge in [0.1, 0.15) is 17.1 Å². The highest BCUT2D eigenvalue weighted by atomic mass is 32.2. The maximum atomic E-state index is 13.5. The molecule has 0 saturated heterocycles. The SMILES string of the molecule is Cc1cc(-c2ccc(S(=O)(=O)NC3CCCCc4c(OCC(=O)O)cccc43)nc2)cc(C(C)(C)C)c1.Cc1cc(-c2ccc(S(=O)(=O)NC3CCCCc4c(OCC(=O)OC(C)(C)C)cccc43)nc2)cc(C(C)(C)C)c1. The number of carbonyl (C=O) groups excluding carboxylic acids is 1. The third-order valence-corrected chi connectivity index (χ3v) is 16.5. The van der Waals surface area contributed by atoms with Crippen LogP contribution in [0.2, 0.25) is 0 Å². The second kappa shape index (κ2) is 24.3. The number of fused-ring (bicyclic) bond motifs is 2. The van der Waals surface area contributed by atoms with E-state index in [-0.39, 0.29) is 27.5 Å². The van der Waals surface area contributed by atoms with Crippen molar-refractivity contribution in [2.75, 3.05) is 13.2 Å². The minimum Gasteiger partial charge on any atom is -0.482 e. The molecule has 4 aromatic carbocycles. The van der Waals surface area contributed by atoms with Gasteiger partial charge in [0.05, 0.1) is 0 Å². The van der Waals surface area contributed by atoms with Crippen LogP contribution in [0.5, 0.6) is 11.5 Å². The van der Waals surface area contributed by atoms with Gasteiger partial charge in [0.2, 0.25) is 0 Å². The quantitative estimate of drug-likeness (QED) is 0.0689. The number of aromatic nitrogens is 2. The molecule has 2 unspecified atom stereocenters. The lowest BCUT2D eigenvalue weighted by Gasteiger charge is -2.22. The van der Waals surface area contributed by atoms with E-state index in [4.69, 9.17) is 19.3 Å². The number of esters is 1. The molecule has 14 nitrogen and oxygen atoms in total. The number of aliphatic carboxylic acids is 1. The summed E-state index contributed by atoms with van der Waals surface area (Å²) in [6.07, 6.45) is 9.37. The Hall–Kier alpha value is -6.46. The molecule has 0 aliphatic heterocycles. The summed E-state index contributed by atoms with van der Waals surface area (Å²) in [5.74, 6) is -0.440. The number of pyridine rings is 2. The van der Waals surface area contributed by atoms with E-state index in [9.17, 15) is 26.4 Å². The van der Waals surface area contributed by atoms with Gasteiger partial charge in [-0.3, -0.25) is 0 Å². The molecule has 8 rings (SSSR count). The summed E-state index contributed by atoms with van der Waals surface area (Å²) >= 11 is 0. The van der Waals surface area contributed by atoms with Crippen molar-refractivity contribution < 1.29 is 45.7 Å². The molecule has 0 radical (unpaired) electrons. The zero-order valence-electron chi connectivity index (χ0n) is 47.0. The second-order valence-electron chi connectivity index (χ2n) is 23.5. The smallest absolute Gasteiger partial charge is 0.344 e. The third-order valence-electron chi connectivity index (χ3n) is 13.7. The predicted octanol–water partition coefficient (Wildman–Crippen LogP) is 12.4. The second-order valence-corrected chi connectivity index (χ2v) is 26.8. The first-order valence-corrected chi connectivity index (χ1v) is 29.7. The molecule has 0 amide bonds. The van der Waals surface area contributed by atoms with E-state index in [1.165, 1.54) is 11.1 Å². The van der Waals surface area contributed by atoms with Crippen LogP contribution in [0.1, 0.15) is 157 Å². The maximum absolute atomic E-state index is 13.5. The van der Waals surface area contributed by atoms with Crippen molar-refractivity contribution >= 4 is 32.0 Å². The Kier molecular flexibility index (Phi) is 18.4. The number of sulfonamides is 2. The number of carbonyl (C=O) groups is 2. The largest absolute Gasteiger partial charge is 0.482 e. The van der Waals surface area contributed by atoms with Gasteiger partial charge < -0.3 is 19.3 Å². The Labute approximate surface area is 461 Å². The number of ether oxygens (including phenoxy) is 3. The molecule has 3 N–H and O–H groups in total. The fraction of sp³-hybridized carbons (Fsp3) is 0.419. The van der Waals surface area contributed by atoms with Crippen LogP contribution < -0.4 is 18.9 Å². The first-order valence-electron chi connectivity index (χ1n) is 26.7. The van der Waals surface area contributed by atoms with Crippen LogP contribution in [0.15, 0.2) is 120 Å². The molecule has 6 aromatic rings. The predicted molar refractivity (Wildman–Crippen MR) is 305 cm³/mol. The zero-order valence-corrected chi connectivity index (χ0v) is 48.6. The summed E-state index contributed by atoms with van der Waals surface area (Å²) in [4.78, 5) is 31.9. The van der Waals surface area contributed by atoms with Gasteiger partial charge in [-0.05, 0) is 165 Å². The Morgan fingerprint density at radius 2 is 0.987 bits per heavy atom. The van der Waals surface area contributed by atoms with E-state index >= 15 is 0 Å². The van der Waals surface area contributed by atoms with E-state index in [0.717, 1.165) is 87.7 Å². The van der Waals surface area contributed by atoms with Crippen molar-refractivity contribution in [2.24, 2.45) is 0 Å². The minimum absolute atomic E-state index is 0.00294. The van der Waals surface area contributed by atoms with Gasteiger partial charge in [0.25, 0.3) is 20.0 Å². The van der Waals surface area contributed by atoms with E-state index in [0.29, 0.717) is 30.8 Å². The first kappa shape index (κ1) is 59.2. The van der Waals surface area contributed by atoms with Gasteiger partial charge in [-0.15, -0.1) is 0 Å². The molecule has 416 valence electrons. The fourth-order valence-electron chi connectivity index (χ4n) is 9.81. The Morgan fingerprint density at radius 3 is 1.36 bits per heavy atom. The van der Waals surface area contributed by atoms with Gasteiger partial charge in [-0.1, -0.05) is 126 Å². The average Bonchev–Trinajstić information content (AvgIpc) is 3.70. The number of aryl methyl sites for hydroxylation is 2. The normalized spacial score (nSPS) is 16.0. The van der Waals surface area contributed by atoms with E-state index < -0.39 is 56.3 Å². The Bertz CT molecular complexity index is 3340. The maximum Gasteiger partial charge on any atom is 0.344 e. The number of carboxylic acids is 1. The number of hydrogen-bond acceptors (Lipinski definition) is 11. The highest BCUT2D eigenvalue weighted by Gasteiger charge is 2.30. The Morgan fingerprint density at radius 1 is 0.564 bits per heavy atom. The van der Waals surface area contributed by atoms with E-state index in [1.807, 2.05) is 51.1 Å². The van der Waals surface area contributed by atoms with E-state index in [1.54, 1.807) is 42.7 Å². The van der Waals surface area contributed by atoms with Crippen LogP contribution in [-0.4, -0.2) is 62.7 Å². The molecule has 0 fully saturated rings. The van der Waals surface area contributed by atoms with Crippen molar-refractivity contribution in [3.63, 3.8) is 0 Å². The van der Waals surface area contributed by atoms with Gasteiger partial charge in [0, 0.05) is 35.6 Å². The highest BCUT2D eigenvalue weighted by molar-refractivity contribution is 7.89. The number of benzene rings is 4. The summed E-state index contributed by atoms with van der Waals surface area (Å²) in [5.41, 5.74) is 11.3. The summed E-state index contributed by atoms with van der Waals surface area (Å²) in [7, 11) is -7.78. The van der Waals surface area contributed by atoms with Gasteiger partial charge in [-0.2, -0.15) is 0 Å². The van der Waals surface area contributed by atoms with Crippen molar-refractivity contribution in [3.05, 3.63) is 154 Å². The van der Waals surface area contributed by atoms with Gasteiger partial charge in [0.15, 0.2) is 23.3 Å². The molecule has 2 heterocycles. The summed E-state index contributed by atoms with van der Waals surface area (Å²) in [5, 5.41) is 8.94. The highest BCUT2D eigenvalue weighted by Crippen LogP contribution is 2.38.